The maximum Gasteiger partial charge on any atom is 0.133 e. The lowest BCUT2D eigenvalue weighted by molar-refractivity contribution is -0.120. The van der Waals surface area contributed by atoms with Crippen molar-refractivity contribution >= 4 is 5.78 Å². The molecule has 0 fully saturated rings. The van der Waals surface area contributed by atoms with Crippen LogP contribution in [-0.2, 0) is 4.79 Å². The van der Waals surface area contributed by atoms with E-state index >= 15 is 0 Å². The molecule has 1 heteroatoms. The standard InChI is InChI=1S/C10H12O/c1-3-9-4-6-10(7-5-9)8(2)11/h1,4,10H,5-7H2,2H3. The fourth-order valence-electron chi connectivity index (χ4n) is 1.33. The lowest BCUT2D eigenvalue weighted by Crippen LogP contribution is -2.13. The van der Waals surface area contributed by atoms with Gasteiger partial charge in [-0.25, -0.2) is 0 Å². The number of Topliss-reactive ketones (excluding diaryl/α,β-unsaturated/α-hetero) is 1. The molecule has 0 saturated carbocycles. The highest BCUT2D eigenvalue weighted by atomic mass is 16.1. The summed E-state index contributed by atoms with van der Waals surface area (Å²) in [6.45, 7) is 1.65. The lowest BCUT2D eigenvalue weighted by atomic mass is 9.87. The summed E-state index contributed by atoms with van der Waals surface area (Å²) in [6.07, 6.45) is 9.91. The minimum Gasteiger partial charge on any atom is -0.300 e. The molecule has 0 spiro atoms. The Kier molecular flexibility index (Phi) is 2.48. The Bertz CT molecular complexity index is 230. The number of terminal acetylenes is 1. The Hall–Kier alpha value is -1.03. The molecule has 0 saturated heterocycles. The number of rotatable bonds is 1. The topological polar surface area (TPSA) is 17.1 Å². The maximum absolute atomic E-state index is 10.9. The van der Waals surface area contributed by atoms with Crippen LogP contribution in [0.5, 0.6) is 0 Å². The fraction of sp³-hybridized carbons (Fsp3) is 0.500. The van der Waals surface area contributed by atoms with Crippen molar-refractivity contribution < 1.29 is 4.79 Å². The van der Waals surface area contributed by atoms with Crippen molar-refractivity contribution in [3.8, 4) is 12.3 Å². The molecule has 0 heterocycles. The van der Waals surface area contributed by atoms with Gasteiger partial charge in [0.2, 0.25) is 0 Å². The van der Waals surface area contributed by atoms with Crippen molar-refractivity contribution in [1.82, 2.24) is 0 Å². The van der Waals surface area contributed by atoms with E-state index in [1.807, 2.05) is 6.08 Å². The van der Waals surface area contributed by atoms with Gasteiger partial charge >= 0.3 is 0 Å². The molecule has 0 aromatic carbocycles. The smallest absolute Gasteiger partial charge is 0.133 e. The predicted octanol–water partition coefficient (Wildman–Crippen LogP) is 1.94. The summed E-state index contributed by atoms with van der Waals surface area (Å²) in [4.78, 5) is 10.9. The van der Waals surface area contributed by atoms with Crippen LogP contribution in [0.4, 0.5) is 0 Å². The van der Waals surface area contributed by atoms with Gasteiger partial charge in [-0.15, -0.1) is 6.42 Å². The van der Waals surface area contributed by atoms with E-state index in [9.17, 15) is 4.79 Å². The molecule has 1 aliphatic carbocycles. The first kappa shape index (κ1) is 8.07. The molecule has 58 valence electrons. The van der Waals surface area contributed by atoms with Gasteiger partial charge in [0.15, 0.2) is 0 Å². The van der Waals surface area contributed by atoms with Crippen LogP contribution in [0.15, 0.2) is 11.6 Å². The van der Waals surface area contributed by atoms with Gasteiger partial charge in [-0.05, 0) is 31.8 Å². The molecule has 0 amide bonds. The van der Waals surface area contributed by atoms with Crippen LogP contribution in [0.3, 0.4) is 0 Å². The summed E-state index contributed by atoms with van der Waals surface area (Å²) >= 11 is 0. The molecule has 0 radical (unpaired) electrons. The van der Waals surface area contributed by atoms with Crippen LogP contribution in [0, 0.1) is 18.3 Å². The van der Waals surface area contributed by atoms with Crippen molar-refractivity contribution in [3.05, 3.63) is 11.6 Å². The first-order valence-corrected chi connectivity index (χ1v) is 3.90. The highest BCUT2D eigenvalue weighted by Gasteiger charge is 2.16. The van der Waals surface area contributed by atoms with Crippen molar-refractivity contribution in [2.24, 2.45) is 5.92 Å². The molecule has 1 nitrogen and oxygen atoms in total. The number of hydrogen-bond acceptors (Lipinski definition) is 1. The summed E-state index contributed by atoms with van der Waals surface area (Å²) in [5.74, 6) is 3.13. The van der Waals surface area contributed by atoms with E-state index in [0.717, 1.165) is 24.8 Å². The lowest BCUT2D eigenvalue weighted by Gasteiger charge is -2.16. The van der Waals surface area contributed by atoms with Gasteiger partial charge < -0.3 is 0 Å². The van der Waals surface area contributed by atoms with E-state index in [4.69, 9.17) is 6.42 Å². The van der Waals surface area contributed by atoms with Crippen LogP contribution in [0.1, 0.15) is 26.2 Å². The Morgan fingerprint density at radius 3 is 2.91 bits per heavy atom. The van der Waals surface area contributed by atoms with E-state index in [1.54, 1.807) is 6.92 Å². The zero-order valence-electron chi connectivity index (χ0n) is 6.76. The van der Waals surface area contributed by atoms with Gasteiger partial charge in [0.05, 0.1) is 0 Å². The molecule has 0 aliphatic heterocycles. The largest absolute Gasteiger partial charge is 0.300 e. The van der Waals surface area contributed by atoms with Gasteiger partial charge in [-0.2, -0.15) is 0 Å². The zero-order chi connectivity index (χ0) is 8.27. The van der Waals surface area contributed by atoms with Crippen LogP contribution in [-0.4, -0.2) is 5.78 Å². The van der Waals surface area contributed by atoms with Crippen LogP contribution in [0.25, 0.3) is 0 Å². The third-order valence-electron chi connectivity index (χ3n) is 2.17. The van der Waals surface area contributed by atoms with E-state index in [0.29, 0.717) is 0 Å². The summed E-state index contributed by atoms with van der Waals surface area (Å²) < 4.78 is 0. The molecule has 0 aromatic heterocycles. The third kappa shape index (κ3) is 1.94. The highest BCUT2D eigenvalue weighted by molar-refractivity contribution is 5.78. The number of carbonyl (C=O) groups excluding carboxylic acids is 1. The Morgan fingerprint density at radius 2 is 2.55 bits per heavy atom. The SMILES string of the molecule is C#CC1=CCC(C(C)=O)CC1. The molecule has 1 atom stereocenters. The van der Waals surface area contributed by atoms with Crippen molar-refractivity contribution in [3.63, 3.8) is 0 Å². The van der Waals surface area contributed by atoms with Gasteiger partial charge in [-0.3, -0.25) is 4.79 Å². The van der Waals surface area contributed by atoms with Gasteiger partial charge in [0, 0.05) is 5.92 Å². The summed E-state index contributed by atoms with van der Waals surface area (Å²) in [5.41, 5.74) is 1.06. The summed E-state index contributed by atoms with van der Waals surface area (Å²) in [5, 5.41) is 0. The quantitative estimate of drug-likeness (QED) is 0.519. The monoisotopic (exact) mass is 148 g/mol. The van der Waals surface area contributed by atoms with E-state index in [-0.39, 0.29) is 11.7 Å². The molecule has 1 aliphatic rings. The summed E-state index contributed by atoms with van der Waals surface area (Å²) in [6, 6.07) is 0. The predicted molar refractivity (Wildman–Crippen MR) is 44.9 cm³/mol. The normalized spacial score (nSPS) is 23.6. The van der Waals surface area contributed by atoms with Crippen LogP contribution < -0.4 is 0 Å². The second-order valence-corrected chi connectivity index (χ2v) is 2.96. The van der Waals surface area contributed by atoms with Gasteiger partial charge in [-0.1, -0.05) is 12.0 Å². The molecule has 0 bridgehead atoms. The molecule has 1 rings (SSSR count). The van der Waals surface area contributed by atoms with Crippen LogP contribution in [0.2, 0.25) is 0 Å². The molecule has 1 unspecified atom stereocenters. The molecular formula is C10H12O. The first-order valence-electron chi connectivity index (χ1n) is 3.90. The van der Waals surface area contributed by atoms with Crippen LogP contribution >= 0.6 is 0 Å². The Morgan fingerprint density at radius 1 is 1.82 bits per heavy atom. The molecular weight excluding hydrogens is 136 g/mol. The first-order chi connectivity index (χ1) is 5.24. The van der Waals surface area contributed by atoms with Crippen molar-refractivity contribution in [2.75, 3.05) is 0 Å². The minimum atomic E-state index is 0.229. The van der Waals surface area contributed by atoms with Gasteiger partial charge in [0.25, 0.3) is 0 Å². The number of hydrogen-bond donors (Lipinski definition) is 0. The number of ketones is 1. The average Bonchev–Trinajstić information content (AvgIpc) is 2.05. The maximum atomic E-state index is 10.9. The Balaban J connectivity index is 2.56. The van der Waals surface area contributed by atoms with E-state index in [1.165, 1.54) is 0 Å². The zero-order valence-corrected chi connectivity index (χ0v) is 6.76. The second-order valence-electron chi connectivity index (χ2n) is 2.96. The average molecular weight is 148 g/mol. The summed E-state index contributed by atoms with van der Waals surface area (Å²) in [7, 11) is 0. The van der Waals surface area contributed by atoms with Crippen molar-refractivity contribution in [2.45, 2.75) is 26.2 Å². The third-order valence-corrected chi connectivity index (χ3v) is 2.17. The number of carbonyl (C=O) groups is 1. The molecule has 0 aromatic rings. The second kappa shape index (κ2) is 3.39. The van der Waals surface area contributed by atoms with Gasteiger partial charge in [0.1, 0.15) is 5.78 Å². The molecule has 0 N–H and O–H groups in total. The Labute approximate surface area is 67.5 Å². The molecule has 11 heavy (non-hydrogen) atoms. The minimum absolute atomic E-state index is 0.229. The van der Waals surface area contributed by atoms with Crippen molar-refractivity contribution in [1.29, 1.82) is 0 Å². The fourth-order valence-corrected chi connectivity index (χ4v) is 1.33. The number of allylic oxidation sites excluding steroid dienone is 2. The van der Waals surface area contributed by atoms with E-state index < -0.39 is 0 Å². The highest BCUT2D eigenvalue weighted by Crippen LogP contribution is 2.23. The van der Waals surface area contributed by atoms with E-state index in [2.05, 4.69) is 5.92 Å².